The molecule has 1 aliphatic heterocycles. The number of hydrogen-bond acceptors (Lipinski definition) is 5. The molecule has 0 radical (unpaired) electrons. The molecule has 8 nitrogen and oxygen atoms in total. The molecule has 2 aromatic carbocycles. The van der Waals surface area contributed by atoms with Crippen LogP contribution in [-0.2, 0) is 11.2 Å². The van der Waals surface area contributed by atoms with E-state index in [0.29, 0.717) is 16.6 Å². The van der Waals surface area contributed by atoms with E-state index in [1.807, 2.05) is 0 Å². The Bertz CT molecular complexity index is 1180. The molecule has 1 aromatic heterocycles. The molecule has 1 aliphatic carbocycles. The van der Waals surface area contributed by atoms with Crippen molar-refractivity contribution in [1.29, 1.82) is 0 Å². The predicted molar refractivity (Wildman–Crippen MR) is 128 cm³/mol. The number of aromatic nitrogens is 2. The third-order valence-electron chi connectivity index (χ3n) is 6.71. The van der Waals surface area contributed by atoms with Gasteiger partial charge in [-0.15, -0.1) is 0 Å². The van der Waals surface area contributed by atoms with Gasteiger partial charge < -0.3 is 20.3 Å². The fraction of sp³-hybridized carbons (Fsp3) is 0.400. The average Bonchev–Trinajstić information content (AvgIpc) is 3.34. The summed E-state index contributed by atoms with van der Waals surface area (Å²) in [6.07, 6.45) is 7.93. The largest absolute Gasteiger partial charge is 0.451 e. The third kappa shape index (κ3) is 4.13. The summed E-state index contributed by atoms with van der Waals surface area (Å²) in [5.41, 5.74) is 5.08. The van der Waals surface area contributed by atoms with Crippen molar-refractivity contribution in [2.24, 2.45) is 0 Å². The van der Waals surface area contributed by atoms with Crippen molar-refractivity contribution in [2.75, 3.05) is 30.4 Å². The van der Waals surface area contributed by atoms with Crippen molar-refractivity contribution in [3.63, 3.8) is 0 Å². The number of nitrogens with zero attached hydrogens (tertiary/aromatic N) is 3. The Morgan fingerprint density at radius 2 is 1.85 bits per heavy atom. The number of carbonyl (C=O) groups excluding carboxylic acids is 2. The number of urea groups is 1. The molecule has 3 aromatic rings. The topological polar surface area (TPSA) is 88.5 Å². The first-order chi connectivity index (χ1) is 16.2. The Labute approximate surface area is 192 Å². The highest BCUT2D eigenvalue weighted by Gasteiger charge is 2.28. The molecule has 2 N–H and O–H groups in total. The van der Waals surface area contributed by atoms with Gasteiger partial charge in [0.2, 0.25) is 0 Å². The Morgan fingerprint density at radius 3 is 2.64 bits per heavy atom. The lowest BCUT2D eigenvalue weighted by Gasteiger charge is -2.25. The summed E-state index contributed by atoms with van der Waals surface area (Å²) in [6.45, 7) is 2.22. The van der Waals surface area contributed by atoms with E-state index >= 15 is 0 Å². The van der Waals surface area contributed by atoms with Crippen LogP contribution >= 0.6 is 0 Å². The van der Waals surface area contributed by atoms with E-state index in [-0.39, 0.29) is 12.1 Å². The summed E-state index contributed by atoms with van der Waals surface area (Å²) in [7, 11) is 1.31. The maximum absolute atomic E-state index is 12.9. The first-order valence-electron chi connectivity index (χ1n) is 11.6. The van der Waals surface area contributed by atoms with Gasteiger partial charge in [-0.05, 0) is 55.0 Å². The molecule has 8 heteroatoms. The minimum absolute atomic E-state index is 0.0241. The standard InChI is InChI=1S/C25H29N5O3/c1-33-25(32)30-23-11-7-9-20(19(23)16-26-30)27-24(31)28-21-13-12-18-17(21)8-6-10-22(18)29-14-4-2-3-5-15-29/h6-11,16,21H,2-5,12-15H2,1H3,(H2,27,28,31). The smallest absolute Gasteiger partial charge is 0.434 e. The van der Waals surface area contributed by atoms with Gasteiger partial charge in [-0.25, -0.2) is 9.59 Å². The van der Waals surface area contributed by atoms with Crippen LogP contribution in [0.25, 0.3) is 10.9 Å². The van der Waals surface area contributed by atoms with Gasteiger partial charge in [-0.3, -0.25) is 0 Å². The first-order valence-corrected chi connectivity index (χ1v) is 11.6. The Kier molecular flexibility index (Phi) is 5.90. The molecule has 1 saturated heterocycles. The number of methoxy groups -OCH3 is 1. The Hall–Kier alpha value is -3.55. The summed E-state index contributed by atoms with van der Waals surface area (Å²) in [4.78, 5) is 27.3. The van der Waals surface area contributed by atoms with Crippen LogP contribution in [0.15, 0.2) is 42.6 Å². The van der Waals surface area contributed by atoms with Crippen LogP contribution in [0.4, 0.5) is 21.0 Å². The minimum atomic E-state index is -0.575. The number of fused-ring (bicyclic) bond motifs is 2. The van der Waals surface area contributed by atoms with Crippen LogP contribution in [0.3, 0.4) is 0 Å². The number of ether oxygens (including phenoxy) is 1. The number of hydrogen-bond donors (Lipinski definition) is 2. The number of nitrogens with one attached hydrogen (secondary N) is 2. The van der Waals surface area contributed by atoms with E-state index in [0.717, 1.165) is 25.9 Å². The van der Waals surface area contributed by atoms with Crippen molar-refractivity contribution in [3.8, 4) is 0 Å². The molecule has 1 atom stereocenters. The number of rotatable bonds is 3. The van der Waals surface area contributed by atoms with Gasteiger partial charge in [0, 0.05) is 24.2 Å². The SMILES string of the molecule is COC(=O)n1ncc2c(NC(=O)NC3CCc4c3cccc4N3CCCCCC3)cccc21. The van der Waals surface area contributed by atoms with Gasteiger partial charge in [0.1, 0.15) is 0 Å². The zero-order chi connectivity index (χ0) is 22.8. The molecule has 1 unspecified atom stereocenters. The molecule has 2 amide bonds. The van der Waals surface area contributed by atoms with Crippen molar-refractivity contribution >= 4 is 34.4 Å². The van der Waals surface area contributed by atoms with Crippen LogP contribution < -0.4 is 15.5 Å². The second kappa shape index (κ2) is 9.13. The summed E-state index contributed by atoms with van der Waals surface area (Å²) < 4.78 is 5.94. The van der Waals surface area contributed by atoms with Crippen molar-refractivity contribution in [2.45, 2.75) is 44.6 Å². The third-order valence-corrected chi connectivity index (χ3v) is 6.71. The summed E-state index contributed by atoms with van der Waals surface area (Å²) >= 11 is 0. The highest BCUT2D eigenvalue weighted by Crippen LogP contribution is 2.38. The lowest BCUT2D eigenvalue weighted by Crippen LogP contribution is -2.31. The Balaban J connectivity index is 1.32. The molecule has 0 saturated carbocycles. The van der Waals surface area contributed by atoms with Gasteiger partial charge in [0.25, 0.3) is 0 Å². The molecule has 0 bridgehead atoms. The Morgan fingerprint density at radius 1 is 1.06 bits per heavy atom. The lowest BCUT2D eigenvalue weighted by atomic mass is 10.1. The van der Waals surface area contributed by atoms with Gasteiger partial charge in [0.05, 0.1) is 30.6 Å². The highest BCUT2D eigenvalue weighted by atomic mass is 16.5. The van der Waals surface area contributed by atoms with E-state index in [2.05, 4.69) is 38.8 Å². The number of amides is 2. The maximum atomic E-state index is 12.9. The molecule has 5 rings (SSSR count). The molecule has 33 heavy (non-hydrogen) atoms. The fourth-order valence-corrected chi connectivity index (χ4v) is 5.10. The fourth-order valence-electron chi connectivity index (χ4n) is 5.10. The van der Waals surface area contributed by atoms with E-state index in [1.54, 1.807) is 24.4 Å². The van der Waals surface area contributed by atoms with Crippen LogP contribution in [0.5, 0.6) is 0 Å². The second-order valence-corrected chi connectivity index (χ2v) is 8.70. The zero-order valence-corrected chi connectivity index (χ0v) is 18.8. The van der Waals surface area contributed by atoms with Crippen LogP contribution in [0.1, 0.15) is 49.3 Å². The summed E-state index contributed by atoms with van der Waals surface area (Å²) in [5.74, 6) is 0. The van der Waals surface area contributed by atoms with Crippen LogP contribution in [-0.4, -0.2) is 42.1 Å². The lowest BCUT2D eigenvalue weighted by molar-refractivity contribution is 0.170. The van der Waals surface area contributed by atoms with Gasteiger partial charge in [-0.1, -0.05) is 31.0 Å². The monoisotopic (exact) mass is 447 g/mol. The van der Waals surface area contributed by atoms with Gasteiger partial charge in [-0.2, -0.15) is 9.78 Å². The predicted octanol–water partition coefficient (Wildman–Crippen LogP) is 4.84. The maximum Gasteiger partial charge on any atom is 0.434 e. The van der Waals surface area contributed by atoms with E-state index < -0.39 is 6.09 Å². The van der Waals surface area contributed by atoms with Crippen LogP contribution in [0, 0.1) is 0 Å². The van der Waals surface area contributed by atoms with E-state index in [9.17, 15) is 9.59 Å². The number of benzene rings is 2. The summed E-state index contributed by atoms with van der Waals surface area (Å²) in [5, 5.41) is 10.8. The molecule has 2 aliphatic rings. The van der Waals surface area contributed by atoms with Gasteiger partial charge in [0.15, 0.2) is 0 Å². The van der Waals surface area contributed by atoms with E-state index in [1.165, 1.54) is 54.3 Å². The number of anilines is 2. The number of carbonyl (C=O) groups is 2. The molecule has 0 spiro atoms. The molecule has 2 heterocycles. The first kappa shape index (κ1) is 21.3. The molecular formula is C25H29N5O3. The van der Waals surface area contributed by atoms with Crippen molar-refractivity contribution in [3.05, 3.63) is 53.7 Å². The quantitative estimate of drug-likeness (QED) is 0.600. The zero-order valence-electron chi connectivity index (χ0n) is 18.8. The van der Waals surface area contributed by atoms with E-state index in [4.69, 9.17) is 4.74 Å². The molecule has 172 valence electrons. The van der Waals surface area contributed by atoms with Crippen LogP contribution in [0.2, 0.25) is 0 Å². The second-order valence-electron chi connectivity index (χ2n) is 8.70. The highest BCUT2D eigenvalue weighted by molar-refractivity contribution is 6.02. The normalized spacial score (nSPS) is 18.0. The van der Waals surface area contributed by atoms with Crippen molar-refractivity contribution in [1.82, 2.24) is 15.1 Å². The molecule has 1 fully saturated rings. The van der Waals surface area contributed by atoms with Crippen molar-refractivity contribution < 1.29 is 14.3 Å². The average molecular weight is 448 g/mol. The van der Waals surface area contributed by atoms with Gasteiger partial charge >= 0.3 is 12.1 Å². The summed E-state index contributed by atoms with van der Waals surface area (Å²) in [6, 6.07) is 11.5. The minimum Gasteiger partial charge on any atom is -0.451 e. The molecular weight excluding hydrogens is 418 g/mol.